The summed E-state index contributed by atoms with van der Waals surface area (Å²) in [5.74, 6) is 0. The number of aromatic nitrogens is 2. The van der Waals surface area contributed by atoms with Crippen LogP contribution in [0.2, 0.25) is 0 Å². The van der Waals surface area contributed by atoms with Crippen LogP contribution in [-0.4, -0.2) is 46.3 Å². The molecule has 0 aliphatic carbocycles. The maximum atomic E-state index is 12.5. The van der Waals surface area contributed by atoms with Crippen molar-refractivity contribution >= 4 is 10.0 Å². The number of hydrogen-bond donors (Lipinski definition) is 1. The summed E-state index contributed by atoms with van der Waals surface area (Å²) < 4.78 is 27.9. The number of β-amino-alcohol motifs (C(OH)–C–C–N with tert-alkyl or cyclic N) is 1. The van der Waals surface area contributed by atoms with E-state index in [1.807, 2.05) is 6.92 Å². The molecule has 1 aliphatic rings. The van der Waals surface area contributed by atoms with Gasteiger partial charge in [-0.05, 0) is 20.3 Å². The summed E-state index contributed by atoms with van der Waals surface area (Å²) in [6.07, 6.45) is 1.47. The van der Waals surface area contributed by atoms with Gasteiger partial charge >= 0.3 is 0 Å². The lowest BCUT2D eigenvalue weighted by atomic mass is 9.92. The molecule has 6 nitrogen and oxygen atoms in total. The number of hydrogen-bond acceptors (Lipinski definition) is 4. The highest BCUT2D eigenvalue weighted by atomic mass is 32.2. The molecule has 0 amide bonds. The molecule has 19 heavy (non-hydrogen) atoms. The van der Waals surface area contributed by atoms with Gasteiger partial charge in [0, 0.05) is 20.1 Å². The van der Waals surface area contributed by atoms with Gasteiger partial charge in [0.2, 0.25) is 10.0 Å². The third kappa shape index (κ3) is 2.30. The van der Waals surface area contributed by atoms with Crippen LogP contribution in [0.25, 0.3) is 0 Å². The Labute approximate surface area is 114 Å². The van der Waals surface area contributed by atoms with Gasteiger partial charge in [-0.25, -0.2) is 8.42 Å². The zero-order valence-electron chi connectivity index (χ0n) is 11.8. The van der Waals surface area contributed by atoms with Crippen LogP contribution in [0.15, 0.2) is 4.90 Å². The molecule has 108 valence electrons. The van der Waals surface area contributed by atoms with Crippen LogP contribution < -0.4 is 0 Å². The lowest BCUT2D eigenvalue weighted by Crippen LogP contribution is -2.63. The van der Waals surface area contributed by atoms with E-state index in [9.17, 15) is 13.5 Å². The van der Waals surface area contributed by atoms with Gasteiger partial charge in [-0.15, -0.1) is 0 Å². The van der Waals surface area contributed by atoms with Gasteiger partial charge < -0.3 is 5.11 Å². The molecule has 0 atom stereocenters. The van der Waals surface area contributed by atoms with E-state index >= 15 is 0 Å². The fourth-order valence-corrected chi connectivity index (χ4v) is 4.66. The lowest BCUT2D eigenvalue weighted by Gasteiger charge is -2.45. The fourth-order valence-electron chi connectivity index (χ4n) is 2.66. The molecule has 1 fully saturated rings. The second kappa shape index (κ2) is 4.57. The second-order valence-corrected chi connectivity index (χ2v) is 7.25. The Bertz CT molecular complexity index is 586. The summed E-state index contributed by atoms with van der Waals surface area (Å²) in [4.78, 5) is 0.272. The smallest absolute Gasteiger partial charge is 0.246 e. The van der Waals surface area contributed by atoms with Gasteiger partial charge in [0.15, 0.2) is 0 Å². The van der Waals surface area contributed by atoms with Gasteiger partial charge in [-0.2, -0.15) is 9.40 Å². The van der Waals surface area contributed by atoms with Gasteiger partial charge in [0.25, 0.3) is 0 Å². The van der Waals surface area contributed by atoms with Crippen molar-refractivity contribution in [3.8, 4) is 0 Å². The Morgan fingerprint density at radius 1 is 1.37 bits per heavy atom. The first-order valence-corrected chi connectivity index (χ1v) is 7.88. The summed E-state index contributed by atoms with van der Waals surface area (Å²) in [5.41, 5.74) is 0.278. The summed E-state index contributed by atoms with van der Waals surface area (Å²) >= 11 is 0. The molecule has 1 aromatic rings. The Hall–Kier alpha value is -0.920. The summed E-state index contributed by atoms with van der Waals surface area (Å²) in [7, 11) is -1.82. The first kappa shape index (κ1) is 14.5. The van der Waals surface area contributed by atoms with Crippen molar-refractivity contribution in [2.75, 3.05) is 13.1 Å². The van der Waals surface area contributed by atoms with E-state index in [-0.39, 0.29) is 18.0 Å². The molecule has 0 unspecified atom stereocenters. The van der Waals surface area contributed by atoms with Crippen LogP contribution in [0.3, 0.4) is 0 Å². The van der Waals surface area contributed by atoms with Crippen LogP contribution in [0.5, 0.6) is 0 Å². The molecule has 0 aromatic carbocycles. The normalized spacial score (nSPS) is 19.4. The van der Waals surface area contributed by atoms with Gasteiger partial charge in [0.1, 0.15) is 4.90 Å². The summed E-state index contributed by atoms with van der Waals surface area (Å²) in [5, 5.41) is 14.2. The Morgan fingerprint density at radius 3 is 2.37 bits per heavy atom. The zero-order valence-corrected chi connectivity index (χ0v) is 12.7. The quantitative estimate of drug-likeness (QED) is 0.878. The molecular formula is C12H21N3O3S. The van der Waals surface area contributed by atoms with E-state index in [0.29, 0.717) is 17.8 Å². The average Bonchev–Trinajstić information content (AvgIpc) is 2.50. The predicted octanol–water partition coefficient (Wildman–Crippen LogP) is 0.572. The highest BCUT2D eigenvalue weighted by Crippen LogP contribution is 2.33. The number of aliphatic hydroxyl groups is 1. The lowest BCUT2D eigenvalue weighted by molar-refractivity contribution is -0.0653. The molecule has 1 N–H and O–H groups in total. The van der Waals surface area contributed by atoms with E-state index in [1.54, 1.807) is 25.6 Å². The van der Waals surface area contributed by atoms with E-state index in [4.69, 9.17) is 0 Å². The molecule has 2 rings (SSSR count). The van der Waals surface area contributed by atoms with Crippen molar-refractivity contribution in [1.29, 1.82) is 0 Å². The minimum absolute atomic E-state index is 0.178. The standard InChI is InChI=1S/C12H21N3O3S/c1-5-6-12(16)7-15(8-12)19(17,18)11-9(2)13-14(4)10(11)3/h16H,5-8H2,1-4H3. The van der Waals surface area contributed by atoms with Crippen molar-refractivity contribution in [3.05, 3.63) is 11.4 Å². The monoisotopic (exact) mass is 287 g/mol. The predicted molar refractivity (Wildman–Crippen MR) is 71.3 cm³/mol. The Kier molecular flexibility index (Phi) is 3.49. The van der Waals surface area contributed by atoms with Crippen molar-refractivity contribution in [2.24, 2.45) is 7.05 Å². The molecular weight excluding hydrogens is 266 g/mol. The topological polar surface area (TPSA) is 75.4 Å². The van der Waals surface area contributed by atoms with Crippen molar-refractivity contribution < 1.29 is 13.5 Å². The van der Waals surface area contributed by atoms with Crippen LogP contribution in [-0.2, 0) is 17.1 Å². The van der Waals surface area contributed by atoms with Crippen LogP contribution in [0, 0.1) is 13.8 Å². The molecule has 1 aliphatic heterocycles. The van der Waals surface area contributed by atoms with Crippen LogP contribution in [0.4, 0.5) is 0 Å². The summed E-state index contributed by atoms with van der Waals surface area (Å²) in [6.45, 7) is 5.77. The molecule has 7 heteroatoms. The first-order chi connectivity index (χ1) is 8.71. The number of aryl methyl sites for hydroxylation is 2. The second-order valence-electron chi connectivity index (χ2n) is 5.37. The largest absolute Gasteiger partial charge is 0.387 e. The fraction of sp³-hybridized carbons (Fsp3) is 0.750. The summed E-state index contributed by atoms with van der Waals surface area (Å²) in [6, 6.07) is 0. The minimum Gasteiger partial charge on any atom is -0.387 e. The molecule has 1 aromatic heterocycles. The Morgan fingerprint density at radius 2 is 1.95 bits per heavy atom. The number of rotatable bonds is 4. The maximum Gasteiger partial charge on any atom is 0.246 e. The Balaban J connectivity index is 2.26. The van der Waals surface area contributed by atoms with Crippen LogP contribution >= 0.6 is 0 Å². The third-order valence-electron chi connectivity index (χ3n) is 3.70. The highest BCUT2D eigenvalue weighted by molar-refractivity contribution is 7.89. The molecule has 0 radical (unpaired) electrons. The molecule has 0 saturated carbocycles. The number of nitrogens with zero attached hydrogens (tertiary/aromatic N) is 3. The van der Waals surface area contributed by atoms with Crippen LogP contribution in [0.1, 0.15) is 31.2 Å². The average molecular weight is 287 g/mol. The molecule has 0 bridgehead atoms. The first-order valence-electron chi connectivity index (χ1n) is 6.44. The van der Waals surface area contributed by atoms with Crippen molar-refractivity contribution in [2.45, 2.75) is 44.1 Å². The van der Waals surface area contributed by atoms with Gasteiger partial charge in [-0.1, -0.05) is 13.3 Å². The highest BCUT2D eigenvalue weighted by Gasteiger charge is 2.47. The molecule has 1 saturated heterocycles. The SMILES string of the molecule is CCCC1(O)CN(S(=O)(=O)c2c(C)nn(C)c2C)C1. The van der Waals surface area contributed by atoms with E-state index in [2.05, 4.69) is 5.10 Å². The molecule has 2 heterocycles. The zero-order chi connectivity index (χ0) is 14.4. The van der Waals surface area contributed by atoms with Gasteiger partial charge in [-0.3, -0.25) is 4.68 Å². The van der Waals surface area contributed by atoms with Gasteiger partial charge in [0.05, 0.1) is 17.0 Å². The number of sulfonamides is 1. The van der Waals surface area contributed by atoms with E-state index in [0.717, 1.165) is 6.42 Å². The van der Waals surface area contributed by atoms with E-state index in [1.165, 1.54) is 4.31 Å². The van der Waals surface area contributed by atoms with E-state index < -0.39 is 15.6 Å². The maximum absolute atomic E-state index is 12.5. The third-order valence-corrected chi connectivity index (χ3v) is 5.74. The minimum atomic E-state index is -3.54. The molecule has 0 spiro atoms. The van der Waals surface area contributed by atoms with Crippen molar-refractivity contribution in [3.63, 3.8) is 0 Å². The van der Waals surface area contributed by atoms with Crippen molar-refractivity contribution in [1.82, 2.24) is 14.1 Å².